The van der Waals surface area contributed by atoms with Gasteiger partial charge in [-0.25, -0.2) is 9.07 Å². The number of nitrogens with one attached hydrogen (secondary N) is 1. The Bertz CT molecular complexity index is 624. The summed E-state index contributed by atoms with van der Waals surface area (Å²) in [5.41, 5.74) is 6.86. The summed E-state index contributed by atoms with van der Waals surface area (Å²) in [6.07, 6.45) is 2.03. The Labute approximate surface area is 116 Å². The molecule has 0 saturated carbocycles. The number of hydrogen-bond acceptors (Lipinski definition) is 4. The van der Waals surface area contributed by atoms with Crippen molar-refractivity contribution in [3.8, 4) is 11.8 Å². The molecule has 1 heterocycles. The van der Waals surface area contributed by atoms with E-state index in [1.165, 1.54) is 16.8 Å². The smallest absolute Gasteiger partial charge is 0.168 e. The highest BCUT2D eigenvalue weighted by Crippen LogP contribution is 2.24. The van der Waals surface area contributed by atoms with E-state index in [4.69, 9.17) is 5.73 Å². The van der Waals surface area contributed by atoms with Gasteiger partial charge in [0.1, 0.15) is 23.3 Å². The molecule has 0 aliphatic carbocycles. The molecule has 20 heavy (non-hydrogen) atoms. The molecule has 0 fully saturated rings. The van der Waals surface area contributed by atoms with Gasteiger partial charge < -0.3 is 11.1 Å². The van der Waals surface area contributed by atoms with E-state index in [0.29, 0.717) is 17.1 Å². The van der Waals surface area contributed by atoms with Gasteiger partial charge in [0, 0.05) is 6.54 Å². The summed E-state index contributed by atoms with van der Waals surface area (Å²) in [5.74, 6) is 0.377. The van der Waals surface area contributed by atoms with Crippen molar-refractivity contribution in [3.63, 3.8) is 0 Å². The summed E-state index contributed by atoms with van der Waals surface area (Å²) in [4.78, 5) is 0. The minimum Gasteiger partial charge on any atom is -0.382 e. The van der Waals surface area contributed by atoms with E-state index in [-0.39, 0.29) is 11.6 Å². The van der Waals surface area contributed by atoms with Gasteiger partial charge >= 0.3 is 0 Å². The van der Waals surface area contributed by atoms with Crippen molar-refractivity contribution in [1.82, 2.24) is 9.78 Å². The molecule has 0 radical (unpaired) electrons. The van der Waals surface area contributed by atoms with Crippen LogP contribution in [0.15, 0.2) is 24.3 Å². The normalized spacial score (nSPS) is 10.2. The van der Waals surface area contributed by atoms with Gasteiger partial charge in [-0.2, -0.15) is 5.26 Å². The number of aromatic nitrogens is 2. The molecule has 0 amide bonds. The van der Waals surface area contributed by atoms with Crippen LogP contribution in [-0.2, 0) is 0 Å². The van der Waals surface area contributed by atoms with Crippen LogP contribution in [0.2, 0.25) is 0 Å². The van der Waals surface area contributed by atoms with E-state index in [9.17, 15) is 9.65 Å². The second kappa shape index (κ2) is 6.06. The third-order valence-corrected chi connectivity index (χ3v) is 2.93. The molecule has 5 nitrogen and oxygen atoms in total. The number of anilines is 2. The van der Waals surface area contributed by atoms with Gasteiger partial charge in [-0.3, -0.25) is 0 Å². The summed E-state index contributed by atoms with van der Waals surface area (Å²) >= 11 is 0. The van der Waals surface area contributed by atoms with Gasteiger partial charge in [0.2, 0.25) is 0 Å². The maximum absolute atomic E-state index is 12.9. The van der Waals surface area contributed by atoms with Crippen LogP contribution >= 0.6 is 0 Å². The van der Waals surface area contributed by atoms with Crippen molar-refractivity contribution < 1.29 is 4.39 Å². The predicted octanol–water partition coefficient (Wildman–Crippen LogP) is 2.68. The summed E-state index contributed by atoms with van der Waals surface area (Å²) in [5, 5.41) is 16.6. The molecule has 0 unspecified atom stereocenters. The Kier molecular flexibility index (Phi) is 4.20. The van der Waals surface area contributed by atoms with Crippen LogP contribution in [0, 0.1) is 17.1 Å². The number of benzene rings is 1. The van der Waals surface area contributed by atoms with E-state index < -0.39 is 0 Å². The average Bonchev–Trinajstić information content (AvgIpc) is 2.76. The minimum atomic E-state index is -0.332. The zero-order valence-electron chi connectivity index (χ0n) is 11.2. The highest BCUT2D eigenvalue weighted by molar-refractivity contribution is 5.66. The molecule has 1 aromatic heterocycles. The number of rotatable bonds is 5. The van der Waals surface area contributed by atoms with E-state index in [1.54, 1.807) is 12.1 Å². The summed E-state index contributed by atoms with van der Waals surface area (Å²) in [6, 6.07) is 7.83. The van der Waals surface area contributed by atoms with Gasteiger partial charge in [-0.15, -0.1) is 5.10 Å². The zero-order valence-corrected chi connectivity index (χ0v) is 11.2. The Morgan fingerprint density at radius 3 is 2.70 bits per heavy atom. The third-order valence-electron chi connectivity index (χ3n) is 2.93. The van der Waals surface area contributed by atoms with Crippen LogP contribution in [0.1, 0.15) is 25.3 Å². The molecular weight excluding hydrogens is 257 g/mol. The van der Waals surface area contributed by atoms with Crippen molar-refractivity contribution in [2.24, 2.45) is 0 Å². The average molecular weight is 273 g/mol. The molecule has 1 aromatic carbocycles. The van der Waals surface area contributed by atoms with E-state index in [2.05, 4.69) is 17.3 Å². The van der Waals surface area contributed by atoms with Gasteiger partial charge in [-0.05, 0) is 30.7 Å². The number of nitrogens with two attached hydrogens (primary N) is 1. The quantitative estimate of drug-likeness (QED) is 0.821. The molecule has 6 heteroatoms. The van der Waals surface area contributed by atoms with Crippen molar-refractivity contribution >= 4 is 11.6 Å². The number of nitrogen functional groups attached to an aromatic ring is 1. The van der Waals surface area contributed by atoms with Crippen molar-refractivity contribution in [3.05, 3.63) is 35.6 Å². The fraction of sp³-hybridized carbons (Fsp3) is 0.286. The minimum absolute atomic E-state index is 0.248. The molecule has 0 saturated heterocycles. The zero-order chi connectivity index (χ0) is 14.5. The largest absolute Gasteiger partial charge is 0.382 e. The van der Waals surface area contributed by atoms with Crippen LogP contribution in [0.4, 0.5) is 16.0 Å². The van der Waals surface area contributed by atoms with E-state index >= 15 is 0 Å². The maximum Gasteiger partial charge on any atom is 0.168 e. The highest BCUT2D eigenvalue weighted by atomic mass is 19.1. The lowest BCUT2D eigenvalue weighted by Gasteiger charge is -2.03. The van der Waals surface area contributed by atoms with E-state index in [0.717, 1.165) is 19.4 Å². The van der Waals surface area contributed by atoms with Crippen LogP contribution in [0.5, 0.6) is 0 Å². The summed E-state index contributed by atoms with van der Waals surface area (Å²) in [6.45, 7) is 2.81. The fourth-order valence-corrected chi connectivity index (χ4v) is 1.83. The Morgan fingerprint density at radius 1 is 1.40 bits per heavy atom. The van der Waals surface area contributed by atoms with Crippen molar-refractivity contribution in [2.45, 2.75) is 19.8 Å². The first-order valence-electron chi connectivity index (χ1n) is 6.45. The molecule has 0 spiro atoms. The molecule has 0 aliphatic heterocycles. The Balaban J connectivity index is 2.35. The second-order valence-electron chi connectivity index (χ2n) is 4.39. The number of nitrogens with zero attached hydrogens (tertiary/aromatic N) is 3. The monoisotopic (exact) mass is 273 g/mol. The van der Waals surface area contributed by atoms with Gasteiger partial charge in [-0.1, -0.05) is 13.3 Å². The molecule has 0 bridgehead atoms. The Morgan fingerprint density at radius 2 is 2.10 bits per heavy atom. The molecule has 2 rings (SSSR count). The summed E-state index contributed by atoms with van der Waals surface area (Å²) < 4.78 is 14.4. The van der Waals surface area contributed by atoms with Crippen LogP contribution < -0.4 is 11.1 Å². The van der Waals surface area contributed by atoms with Gasteiger partial charge in [0.15, 0.2) is 5.82 Å². The van der Waals surface area contributed by atoms with Crippen molar-refractivity contribution in [1.29, 1.82) is 5.26 Å². The lowest BCUT2D eigenvalue weighted by Crippen LogP contribution is -2.04. The van der Waals surface area contributed by atoms with Crippen LogP contribution in [-0.4, -0.2) is 16.3 Å². The summed E-state index contributed by atoms with van der Waals surface area (Å²) in [7, 11) is 0. The first kappa shape index (κ1) is 13.9. The highest BCUT2D eigenvalue weighted by Gasteiger charge is 2.16. The molecule has 104 valence electrons. The van der Waals surface area contributed by atoms with Crippen LogP contribution in [0.3, 0.4) is 0 Å². The van der Waals surface area contributed by atoms with Gasteiger partial charge in [0.25, 0.3) is 0 Å². The molecule has 0 aliphatic rings. The molecular formula is C14H16FN5. The van der Waals surface area contributed by atoms with E-state index in [1.807, 2.05) is 6.07 Å². The predicted molar refractivity (Wildman–Crippen MR) is 76.0 cm³/mol. The first-order chi connectivity index (χ1) is 9.67. The third kappa shape index (κ3) is 2.72. The van der Waals surface area contributed by atoms with Crippen LogP contribution in [0.25, 0.3) is 5.69 Å². The lowest BCUT2D eigenvalue weighted by atomic mass is 10.3. The Hall–Kier alpha value is -2.55. The second-order valence-corrected chi connectivity index (χ2v) is 4.39. The molecule has 0 atom stereocenters. The fourth-order valence-electron chi connectivity index (χ4n) is 1.83. The van der Waals surface area contributed by atoms with Crippen molar-refractivity contribution in [2.75, 3.05) is 17.6 Å². The SMILES string of the molecule is CCCCNc1nn(-c2ccc(F)cc2)c(N)c1C#N. The first-order valence-corrected chi connectivity index (χ1v) is 6.45. The molecule has 2 aromatic rings. The topological polar surface area (TPSA) is 79.7 Å². The van der Waals surface area contributed by atoms with Gasteiger partial charge in [0.05, 0.1) is 5.69 Å². The number of hydrogen-bond donors (Lipinski definition) is 2. The number of halogens is 1. The lowest BCUT2D eigenvalue weighted by molar-refractivity contribution is 0.627. The molecule has 3 N–H and O–H groups in total. The number of nitriles is 1. The maximum atomic E-state index is 12.9. The standard InChI is InChI=1S/C14H16FN5/c1-2-3-8-18-14-12(9-16)13(17)20(19-14)11-6-4-10(15)5-7-11/h4-7H,2-3,8,17H2,1H3,(H,18,19). The number of unbranched alkanes of at least 4 members (excludes halogenated alkanes) is 1.